The first-order chi connectivity index (χ1) is 9.85. The molecule has 0 aliphatic rings. The summed E-state index contributed by atoms with van der Waals surface area (Å²) in [6, 6.07) is 3.25. The Morgan fingerprint density at radius 2 is 2.10 bits per heavy atom. The molecule has 0 amide bonds. The Balaban J connectivity index is 2.27. The first-order valence-corrected chi connectivity index (χ1v) is 7.42. The maximum absolute atomic E-state index is 14.0. The average Bonchev–Trinajstić information content (AvgIpc) is 2.83. The average molecular weight is 317 g/mol. The van der Waals surface area contributed by atoms with E-state index in [1.165, 1.54) is 6.07 Å². The van der Waals surface area contributed by atoms with Crippen LogP contribution in [0.3, 0.4) is 0 Å². The Labute approximate surface area is 120 Å². The van der Waals surface area contributed by atoms with E-state index in [0.717, 1.165) is 12.1 Å². The van der Waals surface area contributed by atoms with Crippen LogP contribution in [0.15, 0.2) is 27.6 Å². The minimum atomic E-state index is -4.16. The summed E-state index contributed by atoms with van der Waals surface area (Å²) in [6.07, 6.45) is 0. The molecule has 21 heavy (non-hydrogen) atoms. The van der Waals surface area contributed by atoms with Crippen LogP contribution in [0, 0.1) is 18.6 Å². The molecule has 1 heterocycles. The number of sulfonamides is 1. The second-order valence-electron chi connectivity index (χ2n) is 4.30. The molecular weight excluding hydrogens is 304 g/mol. The maximum Gasteiger partial charge on any atom is 0.243 e. The molecule has 0 radical (unpaired) electrons. The quantitative estimate of drug-likeness (QED) is 0.863. The Hall–Kier alpha value is -1.84. The van der Waals surface area contributed by atoms with Gasteiger partial charge in [-0.25, -0.2) is 21.9 Å². The minimum absolute atomic E-state index is 0.172. The van der Waals surface area contributed by atoms with Crippen molar-refractivity contribution in [3.05, 3.63) is 46.9 Å². The van der Waals surface area contributed by atoms with Gasteiger partial charge in [0.05, 0.1) is 12.2 Å². The molecule has 1 aromatic carbocycles. The van der Waals surface area contributed by atoms with Crippen molar-refractivity contribution in [3.63, 3.8) is 0 Å². The summed E-state index contributed by atoms with van der Waals surface area (Å²) >= 11 is 0. The van der Waals surface area contributed by atoms with Crippen LogP contribution in [-0.4, -0.2) is 13.6 Å². The van der Waals surface area contributed by atoms with E-state index in [-0.39, 0.29) is 6.54 Å². The van der Waals surface area contributed by atoms with Crippen molar-refractivity contribution in [2.24, 2.45) is 5.73 Å². The van der Waals surface area contributed by atoms with Gasteiger partial charge in [-0.3, -0.25) is 0 Å². The third kappa shape index (κ3) is 3.26. The smallest absolute Gasteiger partial charge is 0.243 e. The van der Waals surface area contributed by atoms with Crippen LogP contribution in [0.25, 0.3) is 0 Å². The van der Waals surface area contributed by atoms with Crippen LogP contribution in [-0.2, 0) is 23.1 Å². The summed E-state index contributed by atoms with van der Waals surface area (Å²) in [6.45, 7) is 1.04. The van der Waals surface area contributed by atoms with Crippen LogP contribution in [0.5, 0.6) is 0 Å². The van der Waals surface area contributed by atoms with E-state index in [1.807, 2.05) is 0 Å². The predicted molar refractivity (Wildman–Crippen MR) is 69.5 cm³/mol. The lowest BCUT2D eigenvalue weighted by Gasteiger charge is -2.09. The normalized spacial score (nSPS) is 11.8. The van der Waals surface area contributed by atoms with Gasteiger partial charge in [0, 0.05) is 18.2 Å². The number of aromatic nitrogens is 1. The largest absolute Gasteiger partial charge is 0.361 e. The van der Waals surface area contributed by atoms with Crippen molar-refractivity contribution in [2.75, 3.05) is 0 Å². The van der Waals surface area contributed by atoms with E-state index < -0.39 is 38.7 Å². The first kappa shape index (κ1) is 15.5. The molecule has 0 saturated carbocycles. The monoisotopic (exact) mass is 317 g/mol. The second kappa shape index (κ2) is 5.88. The molecule has 0 bridgehead atoms. The van der Waals surface area contributed by atoms with E-state index >= 15 is 0 Å². The van der Waals surface area contributed by atoms with Crippen molar-refractivity contribution in [2.45, 2.75) is 24.9 Å². The minimum Gasteiger partial charge on any atom is -0.361 e. The Bertz CT molecular complexity index is 759. The number of nitrogens with one attached hydrogen (secondary N) is 1. The molecule has 0 fully saturated rings. The van der Waals surface area contributed by atoms with Gasteiger partial charge in [0.15, 0.2) is 5.82 Å². The SMILES string of the molecule is Cc1cc(CNS(=O)(=O)c2ccc(F)c(CN)c2F)no1. The van der Waals surface area contributed by atoms with Gasteiger partial charge in [-0.05, 0) is 19.1 Å². The van der Waals surface area contributed by atoms with E-state index in [4.69, 9.17) is 10.3 Å². The zero-order valence-corrected chi connectivity index (χ0v) is 11.9. The highest BCUT2D eigenvalue weighted by molar-refractivity contribution is 7.89. The molecule has 0 aliphatic heterocycles. The number of hydrogen-bond acceptors (Lipinski definition) is 5. The van der Waals surface area contributed by atoms with Gasteiger partial charge < -0.3 is 10.3 Å². The summed E-state index contributed by atoms with van der Waals surface area (Å²) in [7, 11) is -4.16. The molecule has 6 nitrogen and oxygen atoms in total. The van der Waals surface area contributed by atoms with Crippen molar-refractivity contribution in [1.29, 1.82) is 0 Å². The number of nitrogens with zero attached hydrogens (tertiary/aromatic N) is 1. The standard InChI is InChI=1S/C12H13F2N3O3S/c1-7-4-8(17-20-7)6-16-21(18,19)11-3-2-10(13)9(5-15)12(11)14/h2-4,16H,5-6,15H2,1H3. The summed E-state index contributed by atoms with van der Waals surface area (Å²) < 4.78 is 58.3. The van der Waals surface area contributed by atoms with Gasteiger partial charge >= 0.3 is 0 Å². The van der Waals surface area contributed by atoms with E-state index in [0.29, 0.717) is 11.5 Å². The van der Waals surface area contributed by atoms with Crippen molar-refractivity contribution < 1.29 is 21.7 Å². The number of halogens is 2. The summed E-state index contributed by atoms with van der Waals surface area (Å²) in [5.74, 6) is -1.56. The van der Waals surface area contributed by atoms with Crippen LogP contribution in [0.4, 0.5) is 8.78 Å². The highest BCUT2D eigenvalue weighted by Gasteiger charge is 2.23. The fraction of sp³-hybridized carbons (Fsp3) is 0.250. The maximum atomic E-state index is 14.0. The number of benzene rings is 1. The predicted octanol–water partition coefficient (Wildman–Crippen LogP) is 1.20. The molecule has 0 saturated heterocycles. The molecule has 114 valence electrons. The van der Waals surface area contributed by atoms with Crippen LogP contribution in [0.2, 0.25) is 0 Å². The molecule has 0 spiro atoms. The zero-order valence-electron chi connectivity index (χ0n) is 11.1. The molecule has 3 N–H and O–H groups in total. The molecular formula is C12H13F2N3O3S. The fourth-order valence-electron chi connectivity index (χ4n) is 1.72. The van der Waals surface area contributed by atoms with E-state index in [9.17, 15) is 17.2 Å². The van der Waals surface area contributed by atoms with Crippen molar-refractivity contribution in [3.8, 4) is 0 Å². The molecule has 0 atom stereocenters. The van der Waals surface area contributed by atoms with Gasteiger partial charge in [0.25, 0.3) is 0 Å². The lowest BCUT2D eigenvalue weighted by Crippen LogP contribution is -2.25. The van der Waals surface area contributed by atoms with Crippen molar-refractivity contribution in [1.82, 2.24) is 9.88 Å². The Kier molecular flexibility index (Phi) is 4.35. The Morgan fingerprint density at radius 1 is 1.38 bits per heavy atom. The number of nitrogens with two attached hydrogens (primary N) is 1. The summed E-state index contributed by atoms with van der Waals surface area (Å²) in [4.78, 5) is -0.662. The zero-order chi connectivity index (χ0) is 15.6. The van der Waals surface area contributed by atoms with Crippen molar-refractivity contribution >= 4 is 10.0 Å². The molecule has 2 rings (SSSR count). The third-order valence-electron chi connectivity index (χ3n) is 2.76. The highest BCUT2D eigenvalue weighted by atomic mass is 32.2. The third-order valence-corrected chi connectivity index (χ3v) is 4.18. The molecule has 2 aromatic rings. The number of hydrogen-bond donors (Lipinski definition) is 2. The van der Waals surface area contributed by atoms with Gasteiger partial charge in [-0.1, -0.05) is 5.16 Å². The van der Waals surface area contributed by atoms with Crippen LogP contribution in [0.1, 0.15) is 17.0 Å². The van der Waals surface area contributed by atoms with Crippen LogP contribution < -0.4 is 10.5 Å². The lowest BCUT2D eigenvalue weighted by molar-refractivity contribution is 0.390. The lowest BCUT2D eigenvalue weighted by atomic mass is 10.2. The van der Waals surface area contributed by atoms with Gasteiger partial charge in [0.1, 0.15) is 16.5 Å². The summed E-state index contributed by atoms with van der Waals surface area (Å²) in [5.41, 5.74) is 5.08. The molecule has 9 heteroatoms. The van der Waals surface area contributed by atoms with E-state index in [2.05, 4.69) is 9.88 Å². The highest BCUT2D eigenvalue weighted by Crippen LogP contribution is 2.20. The van der Waals surface area contributed by atoms with Gasteiger partial charge in [-0.15, -0.1) is 0 Å². The first-order valence-electron chi connectivity index (χ1n) is 5.94. The fourth-order valence-corrected chi connectivity index (χ4v) is 2.82. The number of aryl methyl sites for hydroxylation is 1. The molecule has 0 aliphatic carbocycles. The Morgan fingerprint density at radius 3 is 2.67 bits per heavy atom. The molecule has 0 unspecified atom stereocenters. The van der Waals surface area contributed by atoms with E-state index in [1.54, 1.807) is 6.92 Å². The second-order valence-corrected chi connectivity index (χ2v) is 6.03. The summed E-state index contributed by atoms with van der Waals surface area (Å²) in [5, 5.41) is 3.61. The van der Waals surface area contributed by atoms with Gasteiger partial charge in [0.2, 0.25) is 10.0 Å². The number of rotatable bonds is 5. The van der Waals surface area contributed by atoms with Gasteiger partial charge in [-0.2, -0.15) is 0 Å². The van der Waals surface area contributed by atoms with Crippen LogP contribution >= 0.6 is 0 Å². The molecule has 1 aromatic heterocycles. The topological polar surface area (TPSA) is 98.2 Å².